The lowest BCUT2D eigenvalue weighted by Crippen LogP contribution is -2.54. The van der Waals surface area contributed by atoms with E-state index in [4.69, 9.17) is 4.74 Å². The Kier molecular flexibility index (Phi) is 7.25. The molecule has 0 unspecified atom stereocenters. The van der Waals surface area contributed by atoms with Crippen LogP contribution in [-0.4, -0.2) is 59.2 Å². The number of piperidine rings is 1. The number of hydrogen-bond donors (Lipinski definition) is 1. The number of likely N-dealkylation sites (N-methyl/N-ethyl adjacent to an activating group) is 1. The van der Waals surface area contributed by atoms with Crippen molar-refractivity contribution in [2.24, 2.45) is 5.92 Å². The molecule has 0 spiro atoms. The zero-order chi connectivity index (χ0) is 18.2. The molecule has 1 fully saturated rings. The Morgan fingerprint density at radius 3 is 2.56 bits per heavy atom. The first-order valence-corrected chi connectivity index (χ1v) is 8.97. The maximum Gasteiger partial charge on any atom is 0.410 e. The molecule has 1 aromatic carbocycles. The summed E-state index contributed by atoms with van der Waals surface area (Å²) in [6.45, 7) is 6.85. The molecule has 138 valence electrons. The normalized spacial score (nSPS) is 20.5. The van der Waals surface area contributed by atoms with Crippen LogP contribution in [0.2, 0.25) is 0 Å². The number of aliphatic carboxylic acids is 1. The van der Waals surface area contributed by atoms with Gasteiger partial charge in [0.1, 0.15) is 6.61 Å². The number of carbonyl (C=O) groups is 2. The van der Waals surface area contributed by atoms with E-state index in [0.717, 1.165) is 25.1 Å². The van der Waals surface area contributed by atoms with Gasteiger partial charge >= 0.3 is 12.1 Å². The molecule has 6 nitrogen and oxygen atoms in total. The highest BCUT2D eigenvalue weighted by Crippen LogP contribution is 2.22. The van der Waals surface area contributed by atoms with Gasteiger partial charge in [-0.1, -0.05) is 44.2 Å². The van der Waals surface area contributed by atoms with Crippen LogP contribution in [0.4, 0.5) is 4.79 Å². The lowest BCUT2D eigenvalue weighted by atomic mass is 9.93. The number of nitrogens with zero attached hydrogens (tertiary/aromatic N) is 2. The fourth-order valence-electron chi connectivity index (χ4n) is 3.36. The second-order valence-corrected chi connectivity index (χ2v) is 6.50. The van der Waals surface area contributed by atoms with Crippen LogP contribution >= 0.6 is 0 Å². The third-order valence-electron chi connectivity index (χ3n) is 4.67. The minimum absolute atomic E-state index is 0.0593. The summed E-state index contributed by atoms with van der Waals surface area (Å²) in [4.78, 5) is 27.8. The molecule has 1 saturated heterocycles. The SMILES string of the molecule is CCCN(CC)[C@H]1C[C@H](C(=O)O)CN(C(=O)OCc2ccccc2)C1. The van der Waals surface area contributed by atoms with Gasteiger partial charge in [0.25, 0.3) is 0 Å². The Morgan fingerprint density at radius 2 is 1.96 bits per heavy atom. The van der Waals surface area contributed by atoms with Crippen molar-refractivity contribution in [3.05, 3.63) is 35.9 Å². The van der Waals surface area contributed by atoms with Crippen molar-refractivity contribution >= 4 is 12.1 Å². The first-order valence-electron chi connectivity index (χ1n) is 8.97. The van der Waals surface area contributed by atoms with Crippen LogP contribution in [0.1, 0.15) is 32.3 Å². The lowest BCUT2D eigenvalue weighted by Gasteiger charge is -2.40. The van der Waals surface area contributed by atoms with Gasteiger partial charge in [-0.3, -0.25) is 9.69 Å². The van der Waals surface area contributed by atoms with Crippen LogP contribution in [0, 0.1) is 5.92 Å². The number of carboxylic acid groups (broad SMARTS) is 1. The molecule has 2 rings (SSSR count). The van der Waals surface area contributed by atoms with Crippen molar-refractivity contribution in [3.63, 3.8) is 0 Å². The Bertz CT molecular complexity index is 564. The Labute approximate surface area is 149 Å². The Balaban J connectivity index is 2.01. The summed E-state index contributed by atoms with van der Waals surface area (Å²) in [6, 6.07) is 9.54. The fraction of sp³-hybridized carbons (Fsp3) is 0.579. The monoisotopic (exact) mass is 348 g/mol. The molecule has 0 saturated carbocycles. The van der Waals surface area contributed by atoms with Gasteiger partial charge in [-0.05, 0) is 31.5 Å². The molecule has 6 heteroatoms. The molecule has 1 N–H and O–H groups in total. The molecule has 2 atom stereocenters. The zero-order valence-electron chi connectivity index (χ0n) is 15.1. The lowest BCUT2D eigenvalue weighted by molar-refractivity contribution is -0.144. The molecule has 1 aromatic rings. The maximum atomic E-state index is 12.4. The third-order valence-corrected chi connectivity index (χ3v) is 4.67. The Morgan fingerprint density at radius 1 is 1.24 bits per heavy atom. The van der Waals surface area contributed by atoms with E-state index in [1.165, 1.54) is 0 Å². The van der Waals surface area contributed by atoms with Crippen molar-refractivity contribution in [1.82, 2.24) is 9.80 Å². The van der Waals surface area contributed by atoms with Crippen molar-refractivity contribution in [2.45, 2.75) is 39.3 Å². The van der Waals surface area contributed by atoms with E-state index in [2.05, 4.69) is 18.7 Å². The van der Waals surface area contributed by atoms with Gasteiger partial charge in [0.2, 0.25) is 0 Å². The number of ether oxygens (including phenoxy) is 1. The van der Waals surface area contributed by atoms with E-state index in [-0.39, 0.29) is 19.2 Å². The highest BCUT2D eigenvalue weighted by Gasteiger charge is 2.36. The van der Waals surface area contributed by atoms with Crippen LogP contribution in [0.5, 0.6) is 0 Å². The molecule has 0 aromatic heterocycles. The zero-order valence-corrected chi connectivity index (χ0v) is 15.1. The van der Waals surface area contributed by atoms with Crippen molar-refractivity contribution in [2.75, 3.05) is 26.2 Å². The van der Waals surface area contributed by atoms with Gasteiger partial charge in [-0.2, -0.15) is 0 Å². The fourth-order valence-corrected chi connectivity index (χ4v) is 3.36. The summed E-state index contributed by atoms with van der Waals surface area (Å²) in [6.07, 6.45) is 1.14. The van der Waals surface area contributed by atoms with Crippen molar-refractivity contribution in [3.8, 4) is 0 Å². The topological polar surface area (TPSA) is 70.1 Å². The minimum Gasteiger partial charge on any atom is -0.481 e. The van der Waals surface area contributed by atoms with Crippen LogP contribution in [0.25, 0.3) is 0 Å². The molecule has 0 radical (unpaired) electrons. The molecule has 0 bridgehead atoms. The second kappa shape index (κ2) is 9.42. The molecule has 25 heavy (non-hydrogen) atoms. The summed E-state index contributed by atoms with van der Waals surface area (Å²) >= 11 is 0. The summed E-state index contributed by atoms with van der Waals surface area (Å²) < 4.78 is 5.39. The van der Waals surface area contributed by atoms with E-state index in [9.17, 15) is 14.7 Å². The Hall–Kier alpha value is -2.08. The van der Waals surface area contributed by atoms with E-state index >= 15 is 0 Å². The molecule has 1 heterocycles. The van der Waals surface area contributed by atoms with Gasteiger partial charge < -0.3 is 14.7 Å². The highest BCUT2D eigenvalue weighted by molar-refractivity contribution is 5.73. The van der Waals surface area contributed by atoms with E-state index in [1.807, 2.05) is 30.3 Å². The molecule has 1 aliphatic rings. The van der Waals surface area contributed by atoms with E-state index < -0.39 is 18.0 Å². The quantitative estimate of drug-likeness (QED) is 0.820. The molecular formula is C19H28N2O4. The molecule has 1 aliphatic heterocycles. The molecule has 1 amide bonds. The third kappa shape index (κ3) is 5.46. The number of carbonyl (C=O) groups excluding carboxylic acids is 1. The number of rotatable bonds is 7. The van der Waals surface area contributed by atoms with Crippen LogP contribution in [0.3, 0.4) is 0 Å². The summed E-state index contributed by atoms with van der Waals surface area (Å²) in [5, 5.41) is 9.45. The average molecular weight is 348 g/mol. The van der Waals surface area contributed by atoms with Gasteiger partial charge in [0.05, 0.1) is 5.92 Å². The van der Waals surface area contributed by atoms with Crippen molar-refractivity contribution in [1.29, 1.82) is 0 Å². The van der Waals surface area contributed by atoms with Crippen molar-refractivity contribution < 1.29 is 19.4 Å². The number of amides is 1. The number of hydrogen-bond acceptors (Lipinski definition) is 4. The standard InChI is InChI=1S/C19H28N2O4/c1-3-10-20(4-2)17-11-16(18(22)23)12-21(13-17)19(24)25-14-15-8-6-5-7-9-15/h5-9,16-17H,3-4,10-14H2,1-2H3,(H,22,23)/t16-,17-/m0/s1. The summed E-state index contributed by atoms with van der Waals surface area (Å²) in [5.41, 5.74) is 0.917. The van der Waals surface area contributed by atoms with Crippen LogP contribution in [0.15, 0.2) is 30.3 Å². The van der Waals surface area contributed by atoms with Gasteiger partial charge in [-0.25, -0.2) is 4.79 Å². The molecule has 0 aliphatic carbocycles. The first kappa shape index (κ1) is 19.2. The van der Waals surface area contributed by atoms with Gasteiger partial charge in [-0.15, -0.1) is 0 Å². The van der Waals surface area contributed by atoms with Crippen LogP contribution in [-0.2, 0) is 16.1 Å². The van der Waals surface area contributed by atoms with E-state index in [1.54, 1.807) is 4.90 Å². The summed E-state index contributed by atoms with van der Waals surface area (Å²) in [7, 11) is 0. The largest absolute Gasteiger partial charge is 0.481 e. The predicted molar refractivity (Wildman–Crippen MR) is 95.3 cm³/mol. The number of carboxylic acids is 1. The number of benzene rings is 1. The average Bonchev–Trinajstić information content (AvgIpc) is 2.64. The highest BCUT2D eigenvalue weighted by atomic mass is 16.6. The summed E-state index contributed by atoms with van der Waals surface area (Å²) in [5.74, 6) is -1.40. The molecular weight excluding hydrogens is 320 g/mol. The minimum atomic E-state index is -0.849. The maximum absolute atomic E-state index is 12.4. The predicted octanol–water partition coefficient (Wildman–Crippen LogP) is 2.83. The van der Waals surface area contributed by atoms with Gasteiger partial charge in [0, 0.05) is 19.1 Å². The first-order chi connectivity index (χ1) is 12.0. The van der Waals surface area contributed by atoms with Crippen LogP contribution < -0.4 is 0 Å². The second-order valence-electron chi connectivity index (χ2n) is 6.50. The van der Waals surface area contributed by atoms with Gasteiger partial charge in [0.15, 0.2) is 0 Å². The number of likely N-dealkylation sites (tertiary alicyclic amines) is 1. The van der Waals surface area contributed by atoms with E-state index in [0.29, 0.717) is 13.0 Å². The smallest absolute Gasteiger partial charge is 0.410 e.